The highest BCUT2D eigenvalue weighted by Gasteiger charge is 2.25. The molecule has 0 aliphatic carbocycles. The maximum absolute atomic E-state index is 12.4. The van der Waals surface area contributed by atoms with Crippen molar-refractivity contribution >= 4 is 21.9 Å². The molecule has 1 fully saturated rings. The van der Waals surface area contributed by atoms with Crippen LogP contribution < -0.4 is 0 Å². The summed E-state index contributed by atoms with van der Waals surface area (Å²) in [6.45, 7) is 4.01. The molecule has 0 N–H and O–H groups in total. The standard InChI is InChI=1S/C18H26N2O5S/c1-13-8-9-15(26(23,24)19(3)4)11-16(13)18(22)25-12-17(21)20-10-6-5-7-14(20)2/h8-9,11,14H,5-7,10,12H2,1-4H3/t14-/m1/s1. The van der Waals surface area contributed by atoms with Gasteiger partial charge in [0.05, 0.1) is 10.5 Å². The SMILES string of the molecule is Cc1ccc(S(=O)(=O)N(C)C)cc1C(=O)OCC(=O)N1CCCC[C@H]1C. The Balaban J connectivity index is 2.11. The van der Waals surface area contributed by atoms with Gasteiger partial charge in [0.15, 0.2) is 6.61 Å². The van der Waals surface area contributed by atoms with Crippen molar-refractivity contribution in [2.45, 2.75) is 44.0 Å². The van der Waals surface area contributed by atoms with Crippen molar-refractivity contribution in [2.75, 3.05) is 27.2 Å². The maximum Gasteiger partial charge on any atom is 0.338 e. The third-order valence-electron chi connectivity index (χ3n) is 4.66. The van der Waals surface area contributed by atoms with Crippen molar-refractivity contribution in [3.05, 3.63) is 29.3 Å². The van der Waals surface area contributed by atoms with Crippen molar-refractivity contribution in [3.8, 4) is 0 Å². The van der Waals surface area contributed by atoms with Crippen LogP contribution in [0.3, 0.4) is 0 Å². The zero-order chi connectivity index (χ0) is 19.5. The van der Waals surface area contributed by atoms with Gasteiger partial charge in [0.25, 0.3) is 5.91 Å². The molecule has 2 rings (SSSR count). The normalized spacial score (nSPS) is 18.0. The summed E-state index contributed by atoms with van der Waals surface area (Å²) < 4.78 is 30.7. The van der Waals surface area contributed by atoms with Crippen LogP contribution in [0.4, 0.5) is 0 Å². The van der Waals surface area contributed by atoms with E-state index in [-0.39, 0.29) is 29.0 Å². The number of aryl methyl sites for hydroxylation is 1. The average Bonchev–Trinajstić information content (AvgIpc) is 2.59. The smallest absolute Gasteiger partial charge is 0.338 e. The molecule has 0 radical (unpaired) electrons. The van der Waals surface area contributed by atoms with Crippen LogP contribution in [0.15, 0.2) is 23.1 Å². The van der Waals surface area contributed by atoms with Crippen molar-refractivity contribution in [3.63, 3.8) is 0 Å². The number of ether oxygens (including phenoxy) is 1. The fourth-order valence-electron chi connectivity index (χ4n) is 2.95. The highest BCUT2D eigenvalue weighted by atomic mass is 32.2. The summed E-state index contributed by atoms with van der Waals surface area (Å²) >= 11 is 0. The Morgan fingerprint density at radius 2 is 1.96 bits per heavy atom. The molecule has 0 bridgehead atoms. The second-order valence-electron chi connectivity index (χ2n) is 6.77. The predicted molar refractivity (Wildman–Crippen MR) is 97.4 cm³/mol. The zero-order valence-electron chi connectivity index (χ0n) is 15.7. The van der Waals surface area contributed by atoms with Gasteiger partial charge in [-0.1, -0.05) is 6.07 Å². The predicted octanol–water partition coefficient (Wildman–Crippen LogP) is 1.80. The van der Waals surface area contributed by atoms with Gasteiger partial charge in [0.1, 0.15) is 0 Å². The first-order valence-electron chi connectivity index (χ1n) is 8.64. The number of esters is 1. The Morgan fingerprint density at radius 1 is 1.27 bits per heavy atom. The van der Waals surface area contributed by atoms with Gasteiger partial charge in [-0.3, -0.25) is 4.79 Å². The first kappa shape index (κ1) is 20.4. The molecule has 1 aliphatic heterocycles. The Bertz CT molecular complexity index is 789. The third kappa shape index (κ3) is 4.42. The second-order valence-corrected chi connectivity index (χ2v) is 8.92. The topological polar surface area (TPSA) is 84.0 Å². The van der Waals surface area contributed by atoms with Crippen molar-refractivity contribution in [2.24, 2.45) is 0 Å². The molecule has 144 valence electrons. The monoisotopic (exact) mass is 382 g/mol. The number of piperidine rings is 1. The van der Waals surface area contributed by atoms with E-state index < -0.39 is 16.0 Å². The van der Waals surface area contributed by atoms with Crippen molar-refractivity contribution < 1.29 is 22.7 Å². The number of benzene rings is 1. The fourth-order valence-corrected chi connectivity index (χ4v) is 3.88. The van der Waals surface area contributed by atoms with Gasteiger partial charge in [-0.05, 0) is 50.8 Å². The van der Waals surface area contributed by atoms with Gasteiger partial charge < -0.3 is 9.64 Å². The van der Waals surface area contributed by atoms with Crippen LogP contribution >= 0.6 is 0 Å². The molecule has 0 saturated carbocycles. The first-order valence-corrected chi connectivity index (χ1v) is 10.1. The van der Waals surface area contributed by atoms with Crippen LogP contribution in [0, 0.1) is 6.92 Å². The van der Waals surface area contributed by atoms with E-state index in [0.717, 1.165) is 23.6 Å². The molecule has 0 unspecified atom stereocenters. The quantitative estimate of drug-likeness (QED) is 0.725. The summed E-state index contributed by atoms with van der Waals surface area (Å²) in [4.78, 5) is 26.4. The number of likely N-dealkylation sites (tertiary alicyclic amines) is 1. The number of amides is 1. The molecule has 26 heavy (non-hydrogen) atoms. The third-order valence-corrected chi connectivity index (χ3v) is 6.47. The lowest BCUT2D eigenvalue weighted by molar-refractivity contribution is -0.137. The lowest BCUT2D eigenvalue weighted by Gasteiger charge is -2.33. The Morgan fingerprint density at radius 3 is 2.58 bits per heavy atom. The molecular weight excluding hydrogens is 356 g/mol. The summed E-state index contributed by atoms with van der Waals surface area (Å²) in [5.74, 6) is -0.920. The minimum Gasteiger partial charge on any atom is -0.452 e. The minimum absolute atomic E-state index is 0.0102. The van der Waals surface area contributed by atoms with E-state index in [0.29, 0.717) is 12.1 Å². The molecule has 1 aliphatic rings. The van der Waals surface area contributed by atoms with E-state index in [9.17, 15) is 18.0 Å². The summed E-state index contributed by atoms with van der Waals surface area (Å²) in [5.41, 5.74) is 0.735. The van der Waals surface area contributed by atoms with Gasteiger partial charge in [-0.2, -0.15) is 0 Å². The van der Waals surface area contributed by atoms with Gasteiger partial charge in [0.2, 0.25) is 10.0 Å². The van der Waals surface area contributed by atoms with Gasteiger partial charge in [0, 0.05) is 26.7 Å². The van der Waals surface area contributed by atoms with E-state index in [1.165, 1.54) is 26.2 Å². The van der Waals surface area contributed by atoms with Crippen LogP contribution in [0.5, 0.6) is 0 Å². The molecule has 1 amide bonds. The zero-order valence-corrected chi connectivity index (χ0v) is 16.5. The van der Waals surface area contributed by atoms with E-state index in [1.54, 1.807) is 17.9 Å². The highest BCUT2D eigenvalue weighted by Crippen LogP contribution is 2.20. The lowest BCUT2D eigenvalue weighted by Crippen LogP contribution is -2.44. The lowest BCUT2D eigenvalue weighted by atomic mass is 10.0. The molecule has 0 spiro atoms. The van der Waals surface area contributed by atoms with E-state index >= 15 is 0 Å². The van der Waals surface area contributed by atoms with E-state index in [4.69, 9.17) is 4.74 Å². The summed E-state index contributed by atoms with van der Waals surface area (Å²) in [7, 11) is -0.810. The molecule has 7 nitrogen and oxygen atoms in total. The minimum atomic E-state index is -3.65. The number of carbonyl (C=O) groups excluding carboxylic acids is 2. The molecule has 1 aromatic carbocycles. The molecule has 1 saturated heterocycles. The average molecular weight is 382 g/mol. The summed E-state index contributed by atoms with van der Waals surface area (Å²) in [5, 5.41) is 0. The number of hydrogen-bond donors (Lipinski definition) is 0. The number of nitrogens with zero attached hydrogens (tertiary/aromatic N) is 2. The number of sulfonamides is 1. The molecule has 1 aromatic rings. The van der Waals surface area contributed by atoms with Gasteiger partial charge in [-0.25, -0.2) is 17.5 Å². The summed E-state index contributed by atoms with van der Waals surface area (Å²) in [6, 6.07) is 4.44. The molecular formula is C18H26N2O5S. The molecule has 1 heterocycles. The fraction of sp³-hybridized carbons (Fsp3) is 0.556. The van der Waals surface area contributed by atoms with Crippen molar-refractivity contribution in [1.29, 1.82) is 0 Å². The van der Waals surface area contributed by atoms with Gasteiger partial charge >= 0.3 is 5.97 Å². The van der Waals surface area contributed by atoms with E-state index in [2.05, 4.69) is 0 Å². The van der Waals surface area contributed by atoms with Gasteiger partial charge in [-0.15, -0.1) is 0 Å². The van der Waals surface area contributed by atoms with Crippen LogP contribution in [0.2, 0.25) is 0 Å². The number of carbonyl (C=O) groups is 2. The first-order chi connectivity index (χ1) is 12.1. The molecule has 8 heteroatoms. The van der Waals surface area contributed by atoms with Crippen molar-refractivity contribution in [1.82, 2.24) is 9.21 Å². The van der Waals surface area contributed by atoms with Crippen LogP contribution in [0.25, 0.3) is 0 Å². The Hall–Kier alpha value is -1.93. The van der Waals surface area contributed by atoms with Crippen LogP contribution in [-0.2, 0) is 19.6 Å². The Kier molecular flexibility index (Phi) is 6.41. The largest absolute Gasteiger partial charge is 0.452 e. The van der Waals surface area contributed by atoms with E-state index in [1.807, 2.05) is 6.92 Å². The second kappa shape index (κ2) is 8.18. The maximum atomic E-state index is 12.4. The Labute approximate surface area is 155 Å². The number of rotatable bonds is 5. The summed E-state index contributed by atoms with van der Waals surface area (Å²) in [6.07, 6.45) is 2.99. The number of hydrogen-bond acceptors (Lipinski definition) is 5. The van der Waals surface area contributed by atoms with Crippen LogP contribution in [0.1, 0.15) is 42.1 Å². The highest BCUT2D eigenvalue weighted by molar-refractivity contribution is 7.89. The molecule has 0 aromatic heterocycles. The van der Waals surface area contributed by atoms with Crippen LogP contribution in [-0.4, -0.2) is 62.8 Å². The molecule has 1 atom stereocenters.